The Hall–Kier alpha value is -1.03. The van der Waals surface area contributed by atoms with E-state index >= 15 is 0 Å². The van der Waals surface area contributed by atoms with E-state index in [-0.39, 0.29) is 0 Å². The standard InChI is InChI=1S/C4H10N4/c1-6-8-3-2-7-4-5/h2-3,7-8H,1,4-5H2/b3-2-. The van der Waals surface area contributed by atoms with Gasteiger partial charge in [0.05, 0.1) is 6.67 Å². The molecule has 0 rings (SSSR count). The summed E-state index contributed by atoms with van der Waals surface area (Å²) in [5, 5.41) is 6.07. The van der Waals surface area contributed by atoms with Gasteiger partial charge in [-0.3, -0.25) is 5.43 Å². The number of hydrogen-bond acceptors (Lipinski definition) is 4. The molecule has 0 unspecified atom stereocenters. The highest BCUT2D eigenvalue weighted by Gasteiger charge is 1.62. The summed E-state index contributed by atoms with van der Waals surface area (Å²) >= 11 is 0. The smallest absolute Gasteiger partial charge is 0.0623 e. The molecule has 0 amide bonds. The van der Waals surface area contributed by atoms with Gasteiger partial charge in [-0.2, -0.15) is 5.10 Å². The third kappa shape index (κ3) is 4.97. The van der Waals surface area contributed by atoms with Gasteiger partial charge in [0.2, 0.25) is 0 Å². The first kappa shape index (κ1) is 6.97. The second kappa shape index (κ2) is 5.97. The molecule has 0 radical (unpaired) electrons. The van der Waals surface area contributed by atoms with Gasteiger partial charge in [-0.25, -0.2) is 0 Å². The number of hydrogen-bond donors (Lipinski definition) is 3. The fraction of sp³-hybridized carbons (Fsp3) is 0.250. The zero-order chi connectivity index (χ0) is 6.24. The van der Waals surface area contributed by atoms with Gasteiger partial charge in [0.1, 0.15) is 0 Å². The van der Waals surface area contributed by atoms with Crippen LogP contribution in [0.5, 0.6) is 0 Å². The number of nitrogens with two attached hydrogens (primary N) is 1. The third-order valence-corrected chi connectivity index (χ3v) is 0.485. The summed E-state index contributed by atoms with van der Waals surface area (Å²) in [6.45, 7) is 3.61. The van der Waals surface area contributed by atoms with Crippen LogP contribution < -0.4 is 16.5 Å². The molecule has 0 spiro atoms. The van der Waals surface area contributed by atoms with Crippen molar-refractivity contribution in [2.45, 2.75) is 0 Å². The first-order valence-corrected chi connectivity index (χ1v) is 2.21. The summed E-state index contributed by atoms with van der Waals surface area (Å²) in [5.41, 5.74) is 7.57. The van der Waals surface area contributed by atoms with E-state index in [0.29, 0.717) is 6.67 Å². The van der Waals surface area contributed by atoms with Crippen LogP contribution in [0.1, 0.15) is 0 Å². The second-order valence-corrected chi connectivity index (χ2v) is 1.03. The predicted octanol–water partition coefficient (Wildman–Crippen LogP) is -0.831. The van der Waals surface area contributed by atoms with Crippen molar-refractivity contribution in [3.05, 3.63) is 12.4 Å². The van der Waals surface area contributed by atoms with Crippen molar-refractivity contribution in [1.82, 2.24) is 10.7 Å². The molecule has 0 aliphatic heterocycles. The van der Waals surface area contributed by atoms with Gasteiger partial charge in [-0.1, -0.05) is 0 Å². The quantitative estimate of drug-likeness (QED) is 0.254. The van der Waals surface area contributed by atoms with Gasteiger partial charge in [0.25, 0.3) is 0 Å². The molecule has 0 aliphatic carbocycles. The van der Waals surface area contributed by atoms with Crippen LogP contribution in [0.3, 0.4) is 0 Å². The van der Waals surface area contributed by atoms with E-state index in [1.807, 2.05) is 0 Å². The van der Waals surface area contributed by atoms with E-state index in [9.17, 15) is 0 Å². The van der Waals surface area contributed by atoms with Gasteiger partial charge in [0, 0.05) is 19.1 Å². The number of rotatable bonds is 4. The van der Waals surface area contributed by atoms with Crippen molar-refractivity contribution in [2.24, 2.45) is 10.8 Å². The van der Waals surface area contributed by atoms with Gasteiger partial charge in [-0.15, -0.1) is 0 Å². The van der Waals surface area contributed by atoms with Crippen molar-refractivity contribution >= 4 is 6.72 Å². The Morgan fingerprint density at radius 3 is 2.88 bits per heavy atom. The first-order valence-electron chi connectivity index (χ1n) is 2.21. The monoisotopic (exact) mass is 114 g/mol. The zero-order valence-electron chi connectivity index (χ0n) is 4.59. The van der Waals surface area contributed by atoms with Crippen LogP contribution in [-0.4, -0.2) is 13.4 Å². The van der Waals surface area contributed by atoms with Gasteiger partial charge in [-0.05, 0) is 0 Å². The minimum absolute atomic E-state index is 0.426. The molecule has 8 heavy (non-hydrogen) atoms. The van der Waals surface area contributed by atoms with Crippen LogP contribution in [0.25, 0.3) is 0 Å². The molecule has 4 heteroatoms. The maximum atomic E-state index is 5.07. The molecule has 0 fully saturated rings. The normalized spacial score (nSPS) is 9.12. The summed E-state index contributed by atoms with van der Waals surface area (Å²) in [7, 11) is 0. The van der Waals surface area contributed by atoms with Crippen LogP contribution in [0.2, 0.25) is 0 Å². The molecule has 0 aromatic heterocycles. The van der Waals surface area contributed by atoms with Crippen molar-refractivity contribution in [1.29, 1.82) is 0 Å². The van der Waals surface area contributed by atoms with Crippen molar-refractivity contribution in [2.75, 3.05) is 6.67 Å². The molecule has 46 valence electrons. The van der Waals surface area contributed by atoms with Crippen molar-refractivity contribution < 1.29 is 0 Å². The van der Waals surface area contributed by atoms with Crippen molar-refractivity contribution in [3.63, 3.8) is 0 Å². The van der Waals surface area contributed by atoms with E-state index in [0.717, 1.165) is 0 Å². The molecule has 0 aromatic carbocycles. The van der Waals surface area contributed by atoms with Gasteiger partial charge >= 0.3 is 0 Å². The molecular weight excluding hydrogens is 104 g/mol. The average molecular weight is 114 g/mol. The Morgan fingerprint density at radius 1 is 1.62 bits per heavy atom. The van der Waals surface area contributed by atoms with Gasteiger partial charge in [0.15, 0.2) is 0 Å². The van der Waals surface area contributed by atoms with Crippen LogP contribution in [0.4, 0.5) is 0 Å². The molecule has 0 atom stereocenters. The van der Waals surface area contributed by atoms with Crippen LogP contribution in [-0.2, 0) is 0 Å². The fourth-order valence-electron chi connectivity index (χ4n) is 0.217. The lowest BCUT2D eigenvalue weighted by molar-refractivity contribution is 0.863. The Bertz CT molecular complexity index is 78.1. The molecule has 0 bridgehead atoms. The third-order valence-electron chi connectivity index (χ3n) is 0.485. The maximum Gasteiger partial charge on any atom is 0.0623 e. The molecule has 0 aliphatic rings. The molecule has 0 aromatic rings. The number of nitrogens with one attached hydrogen (secondary N) is 2. The summed E-state index contributed by atoms with van der Waals surface area (Å²) in [5.74, 6) is 0. The van der Waals surface area contributed by atoms with Crippen LogP contribution in [0.15, 0.2) is 17.5 Å². The minimum atomic E-state index is 0.426. The van der Waals surface area contributed by atoms with Crippen molar-refractivity contribution in [3.8, 4) is 0 Å². The van der Waals surface area contributed by atoms with E-state index < -0.39 is 0 Å². The Morgan fingerprint density at radius 2 is 2.38 bits per heavy atom. The summed E-state index contributed by atoms with van der Waals surface area (Å²) in [4.78, 5) is 0. The molecule has 0 saturated heterocycles. The molecule has 4 N–H and O–H groups in total. The Labute approximate surface area is 48.4 Å². The summed E-state index contributed by atoms with van der Waals surface area (Å²) < 4.78 is 0. The first-order chi connectivity index (χ1) is 3.91. The van der Waals surface area contributed by atoms with E-state index in [1.54, 1.807) is 12.4 Å². The lowest BCUT2D eigenvalue weighted by Gasteiger charge is -1.89. The van der Waals surface area contributed by atoms with Crippen LogP contribution in [0, 0.1) is 0 Å². The molecule has 4 nitrogen and oxygen atoms in total. The largest absolute Gasteiger partial charge is 0.377 e. The lowest BCUT2D eigenvalue weighted by atomic mass is 10.9. The van der Waals surface area contributed by atoms with Crippen LogP contribution >= 0.6 is 0 Å². The molecule has 0 heterocycles. The van der Waals surface area contributed by atoms with E-state index in [1.165, 1.54) is 0 Å². The number of hydrazone groups is 1. The predicted molar refractivity (Wildman–Crippen MR) is 34.0 cm³/mol. The minimum Gasteiger partial charge on any atom is -0.377 e. The lowest BCUT2D eigenvalue weighted by Crippen LogP contribution is -2.16. The highest BCUT2D eigenvalue weighted by molar-refractivity contribution is 5.22. The maximum absolute atomic E-state index is 5.07. The fourth-order valence-corrected chi connectivity index (χ4v) is 0.217. The molecule has 0 saturated carbocycles. The summed E-state index contributed by atoms with van der Waals surface area (Å²) in [6.07, 6.45) is 3.24. The summed E-state index contributed by atoms with van der Waals surface area (Å²) in [6, 6.07) is 0. The highest BCUT2D eigenvalue weighted by Crippen LogP contribution is 1.56. The van der Waals surface area contributed by atoms with E-state index in [4.69, 9.17) is 5.73 Å². The average Bonchev–Trinajstić information content (AvgIpc) is 1.81. The Balaban J connectivity index is 2.94. The topological polar surface area (TPSA) is 62.4 Å². The number of nitrogens with zero attached hydrogens (tertiary/aromatic N) is 1. The Kier molecular flexibility index (Phi) is 5.20. The second-order valence-electron chi connectivity index (χ2n) is 1.03. The zero-order valence-corrected chi connectivity index (χ0v) is 4.59. The highest BCUT2D eigenvalue weighted by atomic mass is 15.3. The van der Waals surface area contributed by atoms with Gasteiger partial charge < -0.3 is 11.1 Å². The molecular formula is C4H10N4. The van der Waals surface area contributed by atoms with E-state index in [2.05, 4.69) is 22.6 Å². The SMILES string of the molecule is C=NN/C=C\NCN.